The first-order chi connectivity index (χ1) is 15.5. The van der Waals surface area contributed by atoms with Crippen molar-refractivity contribution in [1.29, 1.82) is 0 Å². The van der Waals surface area contributed by atoms with Crippen LogP contribution in [-0.2, 0) is 13.2 Å². The Kier molecular flexibility index (Phi) is 7.85. The number of hydrogen-bond donors (Lipinski definition) is 2. The molecule has 2 aromatic carbocycles. The van der Waals surface area contributed by atoms with Gasteiger partial charge in [-0.05, 0) is 43.2 Å². The molecule has 0 aliphatic heterocycles. The molecule has 0 atom stereocenters. The summed E-state index contributed by atoms with van der Waals surface area (Å²) in [5, 5.41) is 9.89. The Hall–Kier alpha value is -3.81. The lowest BCUT2D eigenvalue weighted by Gasteiger charge is -2.11. The second-order valence-corrected chi connectivity index (χ2v) is 7.10. The van der Waals surface area contributed by atoms with E-state index in [1.807, 2.05) is 44.2 Å². The van der Waals surface area contributed by atoms with E-state index in [4.69, 9.17) is 9.47 Å². The van der Waals surface area contributed by atoms with Gasteiger partial charge in [0.05, 0.1) is 12.8 Å². The van der Waals surface area contributed by atoms with E-state index < -0.39 is 0 Å². The monoisotopic (exact) mass is 436 g/mol. The summed E-state index contributed by atoms with van der Waals surface area (Å²) < 4.78 is 12.8. The minimum absolute atomic E-state index is 0.198. The van der Waals surface area contributed by atoms with E-state index in [0.29, 0.717) is 35.8 Å². The van der Waals surface area contributed by atoms with Crippen LogP contribution in [0.1, 0.15) is 46.7 Å². The van der Waals surface area contributed by atoms with E-state index >= 15 is 0 Å². The summed E-state index contributed by atoms with van der Waals surface area (Å²) in [6.07, 6.45) is 2.47. The zero-order valence-corrected chi connectivity index (χ0v) is 18.6. The van der Waals surface area contributed by atoms with Crippen molar-refractivity contribution in [2.75, 3.05) is 19.0 Å². The Bertz CT molecular complexity index is 1080. The van der Waals surface area contributed by atoms with Gasteiger partial charge in [-0.15, -0.1) is 0 Å². The van der Waals surface area contributed by atoms with Crippen LogP contribution >= 0.6 is 0 Å². The third kappa shape index (κ3) is 5.66. The molecule has 168 valence electrons. The number of benzene rings is 2. The number of nitrogens with zero attached hydrogens (tertiary/aromatic N) is 2. The lowest BCUT2D eigenvalue weighted by atomic mass is 10.1. The average molecular weight is 437 g/mol. The van der Waals surface area contributed by atoms with Gasteiger partial charge >= 0.3 is 0 Å². The Balaban J connectivity index is 1.72. The number of rotatable bonds is 10. The second kappa shape index (κ2) is 11.0. The molecule has 0 unspecified atom stereocenters. The van der Waals surface area contributed by atoms with Gasteiger partial charge in [-0.25, -0.2) is 0 Å². The highest BCUT2D eigenvalue weighted by Crippen LogP contribution is 2.26. The van der Waals surface area contributed by atoms with E-state index in [2.05, 4.69) is 15.7 Å². The fourth-order valence-electron chi connectivity index (χ4n) is 3.06. The molecule has 0 spiro atoms. The van der Waals surface area contributed by atoms with Gasteiger partial charge in [0.25, 0.3) is 11.8 Å². The topological polar surface area (TPSA) is 94.5 Å². The number of methoxy groups -OCH3 is 1. The van der Waals surface area contributed by atoms with Crippen molar-refractivity contribution >= 4 is 17.5 Å². The number of anilines is 1. The standard InChI is InChI=1S/C24H28N4O4/c1-4-13-25-24(30)22-19(15-28(5-2)27-22)26-23(29)18-10-8-9-17(14-18)16-32-21-12-7-6-11-20(21)31-3/h6-12,14-15H,4-5,13,16H2,1-3H3,(H,25,30)(H,26,29). The predicted molar refractivity (Wildman–Crippen MR) is 122 cm³/mol. The average Bonchev–Trinajstić information content (AvgIpc) is 3.24. The van der Waals surface area contributed by atoms with Crippen LogP contribution in [0, 0.1) is 0 Å². The maximum atomic E-state index is 12.9. The Morgan fingerprint density at radius 3 is 2.53 bits per heavy atom. The van der Waals surface area contributed by atoms with E-state index in [-0.39, 0.29) is 24.1 Å². The van der Waals surface area contributed by atoms with Crippen LogP contribution < -0.4 is 20.1 Å². The highest BCUT2D eigenvalue weighted by Gasteiger charge is 2.19. The number of aryl methyl sites for hydroxylation is 1. The molecule has 0 saturated heterocycles. The molecule has 3 rings (SSSR count). The van der Waals surface area contributed by atoms with Crippen LogP contribution in [0.4, 0.5) is 5.69 Å². The van der Waals surface area contributed by atoms with Gasteiger partial charge in [0.15, 0.2) is 17.2 Å². The number of para-hydroxylation sites is 2. The smallest absolute Gasteiger partial charge is 0.273 e. The summed E-state index contributed by atoms with van der Waals surface area (Å²) >= 11 is 0. The first-order valence-electron chi connectivity index (χ1n) is 10.6. The van der Waals surface area contributed by atoms with Gasteiger partial charge in [0.2, 0.25) is 0 Å². The second-order valence-electron chi connectivity index (χ2n) is 7.10. The van der Waals surface area contributed by atoms with Gasteiger partial charge < -0.3 is 20.1 Å². The Morgan fingerprint density at radius 1 is 1.03 bits per heavy atom. The molecule has 0 saturated carbocycles. The maximum Gasteiger partial charge on any atom is 0.273 e. The van der Waals surface area contributed by atoms with Gasteiger partial charge in [-0.1, -0.05) is 31.2 Å². The van der Waals surface area contributed by atoms with E-state index in [0.717, 1.165) is 12.0 Å². The number of amides is 2. The van der Waals surface area contributed by atoms with Crippen LogP contribution in [0.15, 0.2) is 54.7 Å². The van der Waals surface area contributed by atoms with Gasteiger partial charge in [0, 0.05) is 24.8 Å². The normalized spacial score (nSPS) is 10.5. The van der Waals surface area contributed by atoms with Gasteiger partial charge in [-0.2, -0.15) is 5.10 Å². The largest absolute Gasteiger partial charge is 0.493 e. The van der Waals surface area contributed by atoms with Crippen molar-refractivity contribution in [3.8, 4) is 11.5 Å². The minimum Gasteiger partial charge on any atom is -0.493 e. The third-order valence-electron chi connectivity index (χ3n) is 4.74. The maximum absolute atomic E-state index is 12.9. The van der Waals surface area contributed by atoms with Crippen molar-refractivity contribution in [1.82, 2.24) is 15.1 Å². The van der Waals surface area contributed by atoms with E-state index in [1.54, 1.807) is 36.2 Å². The minimum atomic E-state index is -0.329. The predicted octanol–water partition coefficient (Wildman–Crippen LogP) is 3.88. The quantitative estimate of drug-likeness (QED) is 0.503. The zero-order valence-electron chi connectivity index (χ0n) is 18.6. The van der Waals surface area contributed by atoms with Crippen molar-refractivity contribution in [2.24, 2.45) is 0 Å². The van der Waals surface area contributed by atoms with Crippen LogP contribution in [0.3, 0.4) is 0 Å². The summed E-state index contributed by atoms with van der Waals surface area (Å²) in [7, 11) is 1.59. The Morgan fingerprint density at radius 2 is 1.81 bits per heavy atom. The van der Waals surface area contributed by atoms with Gasteiger partial charge in [0.1, 0.15) is 6.61 Å². The first-order valence-corrected chi connectivity index (χ1v) is 10.6. The van der Waals surface area contributed by atoms with Crippen molar-refractivity contribution in [3.05, 3.63) is 71.5 Å². The molecule has 2 N–H and O–H groups in total. The van der Waals surface area contributed by atoms with E-state index in [9.17, 15) is 9.59 Å². The fourth-order valence-corrected chi connectivity index (χ4v) is 3.06. The number of ether oxygens (including phenoxy) is 2. The molecule has 0 fully saturated rings. The van der Waals surface area contributed by atoms with Crippen molar-refractivity contribution in [2.45, 2.75) is 33.4 Å². The van der Waals surface area contributed by atoms with Gasteiger partial charge in [-0.3, -0.25) is 14.3 Å². The van der Waals surface area contributed by atoms with E-state index in [1.165, 1.54) is 0 Å². The molecular formula is C24H28N4O4. The summed E-state index contributed by atoms with van der Waals surface area (Å²) in [5.74, 6) is 0.625. The number of hydrogen-bond acceptors (Lipinski definition) is 5. The molecule has 2 amide bonds. The fraction of sp³-hybridized carbons (Fsp3) is 0.292. The van der Waals surface area contributed by atoms with Crippen LogP contribution in [0.2, 0.25) is 0 Å². The Labute approximate surface area is 187 Å². The molecule has 0 radical (unpaired) electrons. The lowest BCUT2D eigenvalue weighted by Crippen LogP contribution is -2.26. The molecule has 0 bridgehead atoms. The van der Waals surface area contributed by atoms with Crippen molar-refractivity contribution in [3.63, 3.8) is 0 Å². The van der Waals surface area contributed by atoms with Crippen LogP contribution in [-0.4, -0.2) is 35.2 Å². The molecule has 1 heterocycles. The SMILES string of the molecule is CCCNC(=O)c1nn(CC)cc1NC(=O)c1cccc(COc2ccccc2OC)c1. The summed E-state index contributed by atoms with van der Waals surface area (Å²) in [5.41, 5.74) is 1.86. The number of aromatic nitrogens is 2. The number of carbonyl (C=O) groups is 2. The molecule has 0 aliphatic carbocycles. The molecular weight excluding hydrogens is 408 g/mol. The highest BCUT2D eigenvalue weighted by atomic mass is 16.5. The molecule has 3 aromatic rings. The highest BCUT2D eigenvalue weighted by molar-refractivity contribution is 6.08. The van der Waals surface area contributed by atoms with Crippen LogP contribution in [0.5, 0.6) is 11.5 Å². The summed E-state index contributed by atoms with van der Waals surface area (Å²) in [6.45, 7) is 5.29. The third-order valence-corrected chi connectivity index (χ3v) is 4.74. The lowest BCUT2D eigenvalue weighted by molar-refractivity contribution is 0.0948. The molecule has 0 aliphatic rings. The zero-order chi connectivity index (χ0) is 22.9. The molecule has 8 heteroatoms. The van der Waals surface area contributed by atoms with Crippen molar-refractivity contribution < 1.29 is 19.1 Å². The number of carbonyl (C=O) groups excluding carboxylic acids is 2. The first kappa shape index (κ1) is 22.9. The molecule has 32 heavy (non-hydrogen) atoms. The van der Waals surface area contributed by atoms with Crippen LogP contribution in [0.25, 0.3) is 0 Å². The molecule has 8 nitrogen and oxygen atoms in total. The summed E-state index contributed by atoms with van der Waals surface area (Å²) in [6, 6.07) is 14.5. The number of nitrogens with one attached hydrogen (secondary N) is 2. The summed E-state index contributed by atoms with van der Waals surface area (Å²) in [4.78, 5) is 25.3. The molecule has 1 aromatic heterocycles.